The molecule has 8 heteroatoms. The lowest BCUT2D eigenvalue weighted by Crippen LogP contribution is -2.63. The van der Waals surface area contributed by atoms with Gasteiger partial charge in [0.2, 0.25) is 0 Å². The molecule has 31 heavy (non-hydrogen) atoms. The Labute approximate surface area is 181 Å². The molecule has 0 aromatic carbocycles. The first kappa shape index (κ1) is 20.9. The molecule has 0 bridgehead atoms. The average molecular weight is 434 g/mol. The number of carbonyl (C=O) groups excluding carboxylic acids is 2. The normalized spacial score (nSPS) is 48.6. The second kappa shape index (κ2) is 7.02. The summed E-state index contributed by atoms with van der Waals surface area (Å²) in [5, 5.41) is 22.2. The molecular formula is C23H31NO7. The molecule has 0 radical (unpaired) electrons. The van der Waals surface area contributed by atoms with E-state index in [0.29, 0.717) is 32.3 Å². The lowest BCUT2D eigenvalue weighted by Gasteiger charge is -2.63. The van der Waals surface area contributed by atoms with Crippen LogP contribution in [0.15, 0.2) is 11.6 Å². The second-order valence-electron chi connectivity index (χ2n) is 10.7. The van der Waals surface area contributed by atoms with Crippen molar-refractivity contribution in [2.24, 2.45) is 34.5 Å². The number of esters is 1. The van der Waals surface area contributed by atoms with Gasteiger partial charge >= 0.3 is 5.97 Å². The van der Waals surface area contributed by atoms with Gasteiger partial charge in [0.1, 0.15) is 19.0 Å². The monoisotopic (exact) mass is 433 g/mol. The van der Waals surface area contributed by atoms with Gasteiger partial charge in [-0.3, -0.25) is 0 Å². The van der Waals surface area contributed by atoms with Gasteiger partial charge in [-0.2, -0.15) is 0 Å². The Balaban J connectivity index is 1.43. The molecule has 1 N–H and O–H groups in total. The maximum Gasteiger partial charge on any atom is 0.331 e. The number of carbonyl (C=O) groups is 2. The summed E-state index contributed by atoms with van der Waals surface area (Å²) >= 11 is 0. The van der Waals surface area contributed by atoms with Crippen LogP contribution in [0.25, 0.3) is 0 Å². The topological polar surface area (TPSA) is 116 Å². The number of fused-ring (bicyclic) bond motifs is 5. The standard InChI is InChI=1S/C23H31NO7/c1-21-7-5-18-19(23(21,27)9-6-17(21)14-10-20(26)30-12-14)3-2-15-11-16(31-24(28)29)4-8-22(15,18)13-25/h10,13,15-19,27H,2-9,11-12H2,1H3/t15-,16+,17-,18+,19-,21-,22-,23+/m1/s1. The third-order valence-electron chi connectivity index (χ3n) is 9.96. The number of nitrogens with zero attached hydrogens (tertiary/aromatic N) is 1. The van der Waals surface area contributed by atoms with Gasteiger partial charge < -0.3 is 19.5 Å². The highest BCUT2D eigenvalue weighted by Crippen LogP contribution is 2.69. The molecule has 4 aliphatic carbocycles. The van der Waals surface area contributed by atoms with Crippen molar-refractivity contribution in [2.75, 3.05) is 6.61 Å². The van der Waals surface area contributed by atoms with Crippen molar-refractivity contribution < 1.29 is 29.4 Å². The van der Waals surface area contributed by atoms with E-state index in [-0.39, 0.29) is 35.1 Å². The Morgan fingerprint density at radius 2 is 2.00 bits per heavy atom. The lowest BCUT2D eigenvalue weighted by atomic mass is 9.43. The molecule has 8 atom stereocenters. The van der Waals surface area contributed by atoms with Crippen LogP contribution in [0.3, 0.4) is 0 Å². The fourth-order valence-corrected chi connectivity index (χ4v) is 8.51. The summed E-state index contributed by atoms with van der Waals surface area (Å²) in [7, 11) is 0. The first-order valence-corrected chi connectivity index (χ1v) is 11.6. The Hall–Kier alpha value is -1.96. The smallest absolute Gasteiger partial charge is 0.331 e. The van der Waals surface area contributed by atoms with Crippen LogP contribution in [-0.4, -0.2) is 40.8 Å². The predicted molar refractivity (Wildman–Crippen MR) is 108 cm³/mol. The summed E-state index contributed by atoms with van der Waals surface area (Å²) in [6.07, 6.45) is 8.68. The number of hydrogen-bond acceptors (Lipinski definition) is 7. The minimum absolute atomic E-state index is 0.0318. The number of cyclic esters (lactones) is 1. The molecule has 1 aliphatic heterocycles. The van der Waals surface area contributed by atoms with Crippen molar-refractivity contribution in [1.29, 1.82) is 0 Å². The Bertz CT molecular complexity index is 842. The van der Waals surface area contributed by atoms with Crippen LogP contribution in [-0.2, 0) is 19.2 Å². The van der Waals surface area contributed by atoms with E-state index < -0.39 is 22.2 Å². The van der Waals surface area contributed by atoms with Crippen molar-refractivity contribution in [3.63, 3.8) is 0 Å². The first-order valence-electron chi connectivity index (χ1n) is 11.6. The van der Waals surface area contributed by atoms with Gasteiger partial charge in [0, 0.05) is 16.9 Å². The highest BCUT2D eigenvalue weighted by atomic mass is 17.0. The summed E-state index contributed by atoms with van der Waals surface area (Å²) in [4.78, 5) is 39.9. The molecule has 1 heterocycles. The second-order valence-corrected chi connectivity index (χ2v) is 10.7. The molecule has 0 unspecified atom stereocenters. The third kappa shape index (κ3) is 2.82. The quantitative estimate of drug-likeness (QED) is 0.313. The molecule has 8 nitrogen and oxygen atoms in total. The van der Waals surface area contributed by atoms with E-state index >= 15 is 0 Å². The summed E-state index contributed by atoms with van der Waals surface area (Å²) < 4.78 is 5.16. The molecule has 0 spiro atoms. The fraction of sp³-hybridized carbons (Fsp3) is 0.826. The molecule has 5 rings (SSSR count). The van der Waals surface area contributed by atoms with Crippen LogP contribution in [0.1, 0.15) is 64.7 Å². The van der Waals surface area contributed by atoms with Crippen LogP contribution in [0.5, 0.6) is 0 Å². The van der Waals surface area contributed by atoms with Gasteiger partial charge in [0.25, 0.3) is 5.09 Å². The maximum absolute atomic E-state index is 12.6. The lowest BCUT2D eigenvalue weighted by molar-refractivity contribution is -0.769. The maximum atomic E-state index is 12.6. The summed E-state index contributed by atoms with van der Waals surface area (Å²) in [6.45, 7) is 2.48. The minimum atomic E-state index is -0.873. The zero-order valence-corrected chi connectivity index (χ0v) is 18.0. The summed E-state index contributed by atoms with van der Waals surface area (Å²) in [6, 6.07) is 0. The van der Waals surface area contributed by atoms with E-state index in [2.05, 4.69) is 6.92 Å². The van der Waals surface area contributed by atoms with Crippen molar-refractivity contribution >= 4 is 12.3 Å². The van der Waals surface area contributed by atoms with Crippen molar-refractivity contribution in [3.05, 3.63) is 21.8 Å². The molecule has 0 aromatic heterocycles. The van der Waals surface area contributed by atoms with Crippen LogP contribution < -0.4 is 0 Å². The molecule has 0 amide bonds. The molecule has 0 aromatic rings. The number of ether oxygens (including phenoxy) is 1. The average Bonchev–Trinajstić information content (AvgIpc) is 3.27. The third-order valence-corrected chi connectivity index (χ3v) is 9.96. The molecule has 5 aliphatic rings. The van der Waals surface area contributed by atoms with E-state index in [1.165, 1.54) is 0 Å². The zero-order valence-electron chi connectivity index (χ0n) is 18.0. The van der Waals surface area contributed by atoms with Crippen LogP contribution in [0.2, 0.25) is 0 Å². The van der Waals surface area contributed by atoms with Crippen LogP contribution >= 0.6 is 0 Å². The van der Waals surface area contributed by atoms with E-state index in [4.69, 9.17) is 9.57 Å². The Morgan fingerprint density at radius 1 is 1.19 bits per heavy atom. The van der Waals surface area contributed by atoms with Crippen LogP contribution in [0, 0.1) is 44.6 Å². The van der Waals surface area contributed by atoms with Gasteiger partial charge in [-0.25, -0.2) is 4.79 Å². The molecule has 4 saturated carbocycles. The largest absolute Gasteiger partial charge is 0.458 e. The van der Waals surface area contributed by atoms with E-state index in [1.54, 1.807) is 6.08 Å². The minimum Gasteiger partial charge on any atom is -0.458 e. The van der Waals surface area contributed by atoms with Crippen molar-refractivity contribution in [3.8, 4) is 0 Å². The Kier molecular flexibility index (Phi) is 4.74. The van der Waals surface area contributed by atoms with E-state index in [1.807, 2.05) is 0 Å². The van der Waals surface area contributed by atoms with Crippen LogP contribution in [0.4, 0.5) is 0 Å². The van der Waals surface area contributed by atoms with Gasteiger partial charge in [-0.15, -0.1) is 10.1 Å². The highest BCUT2D eigenvalue weighted by molar-refractivity contribution is 5.85. The summed E-state index contributed by atoms with van der Waals surface area (Å²) in [5.41, 5.74) is -0.739. The highest BCUT2D eigenvalue weighted by Gasteiger charge is 2.68. The molecule has 0 saturated heterocycles. The molecule has 4 fully saturated rings. The zero-order chi connectivity index (χ0) is 22.0. The van der Waals surface area contributed by atoms with E-state index in [9.17, 15) is 24.8 Å². The molecular weight excluding hydrogens is 402 g/mol. The van der Waals surface area contributed by atoms with Gasteiger partial charge in [0.15, 0.2) is 0 Å². The van der Waals surface area contributed by atoms with Crippen molar-refractivity contribution in [1.82, 2.24) is 0 Å². The molecule has 170 valence electrons. The van der Waals surface area contributed by atoms with Gasteiger partial charge in [-0.1, -0.05) is 6.92 Å². The first-order chi connectivity index (χ1) is 14.7. The van der Waals surface area contributed by atoms with Gasteiger partial charge in [-0.05, 0) is 87.0 Å². The SMILES string of the molecule is C[C@]12CC[C@H]3[C@@H](CC[C@@H]4C[C@@H](O[N+](=O)[O-])CC[C@@]43C=O)[C@@]1(O)CC[C@@H]2C1=CC(=O)OC1. The fourth-order valence-electron chi connectivity index (χ4n) is 8.51. The number of aliphatic hydroxyl groups is 1. The predicted octanol–water partition coefficient (Wildman–Crippen LogP) is 3.00. The Morgan fingerprint density at radius 3 is 2.68 bits per heavy atom. The van der Waals surface area contributed by atoms with Crippen molar-refractivity contribution in [2.45, 2.75) is 76.4 Å². The van der Waals surface area contributed by atoms with Gasteiger partial charge in [0.05, 0.1) is 5.60 Å². The summed E-state index contributed by atoms with van der Waals surface area (Å²) in [5.74, 6) is 0.0198. The number of hydrogen-bond donors (Lipinski definition) is 1. The number of rotatable bonds is 4. The number of aldehydes is 1. The van der Waals surface area contributed by atoms with E-state index in [0.717, 1.165) is 44.0 Å².